The van der Waals surface area contributed by atoms with E-state index in [4.69, 9.17) is 11.6 Å². The molecule has 2 aliphatic carbocycles. The summed E-state index contributed by atoms with van der Waals surface area (Å²) in [7, 11) is 0. The fourth-order valence-corrected chi connectivity index (χ4v) is 6.04. The Morgan fingerprint density at radius 1 is 0.972 bits per heavy atom. The highest BCUT2D eigenvalue weighted by atomic mass is 35.5. The molecule has 0 saturated heterocycles. The molecule has 0 radical (unpaired) electrons. The summed E-state index contributed by atoms with van der Waals surface area (Å²) in [6.07, 6.45) is 8.83. The van der Waals surface area contributed by atoms with Crippen LogP contribution in [-0.4, -0.2) is 26.6 Å². The number of aliphatic hydroxyl groups excluding tert-OH is 1. The molecule has 1 aromatic heterocycles. The normalized spacial score (nSPS) is 19.3. The number of nitrogens with zero attached hydrogens (tertiary/aromatic N) is 2. The molecule has 2 atom stereocenters. The molecule has 1 amide bonds. The van der Waals surface area contributed by atoms with Gasteiger partial charge in [0.05, 0.1) is 11.0 Å². The maximum Gasteiger partial charge on any atom is 0.243 e. The zero-order chi connectivity index (χ0) is 25.2. The van der Waals surface area contributed by atoms with Crippen molar-refractivity contribution in [1.82, 2.24) is 14.9 Å². The van der Waals surface area contributed by atoms with Crippen LogP contribution in [0, 0.1) is 17.6 Å². The number of aliphatic hydroxyl groups is 1. The Balaban J connectivity index is 1.64. The van der Waals surface area contributed by atoms with E-state index >= 15 is 0 Å². The molecule has 8 heteroatoms. The lowest BCUT2D eigenvalue weighted by Gasteiger charge is -2.34. The van der Waals surface area contributed by atoms with Gasteiger partial charge < -0.3 is 15.0 Å². The average molecular weight is 516 g/mol. The Labute approximate surface area is 214 Å². The lowest BCUT2D eigenvalue weighted by molar-refractivity contribution is -0.127. The summed E-state index contributed by atoms with van der Waals surface area (Å²) in [5, 5.41) is 15.2. The molecule has 2 aliphatic rings. The molecule has 0 aliphatic heterocycles. The van der Waals surface area contributed by atoms with Gasteiger partial charge in [-0.3, -0.25) is 4.79 Å². The maximum absolute atomic E-state index is 14.5. The Kier molecular flexibility index (Phi) is 7.58. The molecule has 0 spiro atoms. The number of hydrogen-bond donors (Lipinski definition) is 2. The van der Waals surface area contributed by atoms with Crippen molar-refractivity contribution in [2.75, 3.05) is 0 Å². The minimum atomic E-state index is -1.20. The van der Waals surface area contributed by atoms with Crippen LogP contribution >= 0.6 is 11.6 Å². The van der Waals surface area contributed by atoms with Crippen LogP contribution in [0.15, 0.2) is 36.4 Å². The van der Waals surface area contributed by atoms with Gasteiger partial charge in [0.2, 0.25) is 5.91 Å². The summed E-state index contributed by atoms with van der Waals surface area (Å²) in [6.45, 7) is 0. The van der Waals surface area contributed by atoms with Gasteiger partial charge in [0.25, 0.3) is 0 Å². The molecule has 2 unspecified atom stereocenters. The first kappa shape index (κ1) is 25.2. The molecule has 2 fully saturated rings. The highest BCUT2D eigenvalue weighted by Crippen LogP contribution is 2.39. The van der Waals surface area contributed by atoms with Gasteiger partial charge in [0.15, 0.2) is 11.6 Å². The first-order valence-corrected chi connectivity index (χ1v) is 13.4. The van der Waals surface area contributed by atoms with E-state index in [0.29, 0.717) is 16.1 Å². The number of rotatable bonds is 6. The van der Waals surface area contributed by atoms with Crippen LogP contribution in [0.3, 0.4) is 0 Å². The first-order valence-electron chi connectivity index (χ1n) is 13.0. The SMILES string of the molecule is O=C(NC1CCCCC1)C(C1CCCCC1)n1c(C(O)c2ccc(Cl)cc2)nc2cc(F)c(F)cc21. The fourth-order valence-electron chi connectivity index (χ4n) is 5.91. The highest BCUT2D eigenvalue weighted by Gasteiger charge is 2.37. The Morgan fingerprint density at radius 2 is 1.58 bits per heavy atom. The van der Waals surface area contributed by atoms with Crippen molar-refractivity contribution in [2.45, 2.75) is 82.4 Å². The minimum Gasteiger partial charge on any atom is -0.380 e. The van der Waals surface area contributed by atoms with Crippen molar-refractivity contribution in [3.63, 3.8) is 0 Å². The van der Waals surface area contributed by atoms with Crippen molar-refractivity contribution in [1.29, 1.82) is 0 Å². The zero-order valence-electron chi connectivity index (χ0n) is 20.2. The van der Waals surface area contributed by atoms with Crippen LogP contribution in [0.2, 0.25) is 5.02 Å². The smallest absolute Gasteiger partial charge is 0.243 e. The first-order chi connectivity index (χ1) is 17.4. The molecular formula is C28H32ClF2N3O2. The fraction of sp³-hybridized carbons (Fsp3) is 0.500. The van der Waals surface area contributed by atoms with E-state index in [1.807, 2.05) is 0 Å². The number of carbonyl (C=O) groups is 1. The zero-order valence-corrected chi connectivity index (χ0v) is 21.0. The molecule has 2 aromatic carbocycles. The summed E-state index contributed by atoms with van der Waals surface area (Å²) in [5.74, 6) is -1.95. The van der Waals surface area contributed by atoms with Crippen molar-refractivity contribution >= 4 is 28.5 Å². The van der Waals surface area contributed by atoms with E-state index in [2.05, 4.69) is 10.3 Å². The summed E-state index contributed by atoms with van der Waals surface area (Å²) >= 11 is 6.04. The van der Waals surface area contributed by atoms with E-state index in [9.17, 15) is 18.7 Å². The van der Waals surface area contributed by atoms with Gasteiger partial charge in [0.1, 0.15) is 18.0 Å². The van der Waals surface area contributed by atoms with Crippen molar-refractivity contribution in [2.24, 2.45) is 5.92 Å². The van der Waals surface area contributed by atoms with Crippen LogP contribution in [0.4, 0.5) is 8.78 Å². The topological polar surface area (TPSA) is 67.2 Å². The summed E-state index contributed by atoms with van der Waals surface area (Å²) in [4.78, 5) is 18.5. The second kappa shape index (κ2) is 10.9. The molecular weight excluding hydrogens is 484 g/mol. The van der Waals surface area contributed by atoms with Crippen LogP contribution in [0.5, 0.6) is 0 Å². The lowest BCUT2D eigenvalue weighted by atomic mass is 9.82. The molecule has 2 N–H and O–H groups in total. The highest BCUT2D eigenvalue weighted by molar-refractivity contribution is 6.30. The molecule has 2 saturated carbocycles. The molecule has 3 aromatic rings. The van der Waals surface area contributed by atoms with Crippen LogP contribution in [-0.2, 0) is 4.79 Å². The quantitative estimate of drug-likeness (QED) is 0.387. The molecule has 1 heterocycles. The third-order valence-corrected chi connectivity index (χ3v) is 8.04. The number of benzene rings is 2. The van der Waals surface area contributed by atoms with Gasteiger partial charge >= 0.3 is 0 Å². The second-order valence-electron chi connectivity index (χ2n) is 10.2. The van der Waals surface area contributed by atoms with E-state index < -0.39 is 23.8 Å². The summed E-state index contributed by atoms with van der Waals surface area (Å²) < 4.78 is 30.4. The molecule has 192 valence electrons. The average Bonchev–Trinajstić information content (AvgIpc) is 3.23. The Hall–Kier alpha value is -2.51. The van der Waals surface area contributed by atoms with Crippen LogP contribution in [0.25, 0.3) is 11.0 Å². The van der Waals surface area contributed by atoms with Crippen LogP contribution < -0.4 is 5.32 Å². The molecule has 36 heavy (non-hydrogen) atoms. The monoisotopic (exact) mass is 515 g/mol. The second-order valence-corrected chi connectivity index (χ2v) is 10.7. The number of imidazole rings is 1. The Bertz CT molecular complexity index is 1220. The Morgan fingerprint density at radius 3 is 2.25 bits per heavy atom. The number of fused-ring (bicyclic) bond motifs is 1. The van der Waals surface area contributed by atoms with Gasteiger partial charge in [-0.2, -0.15) is 0 Å². The largest absolute Gasteiger partial charge is 0.380 e. The standard InChI is InChI=1S/C28H32ClF2N3O2/c29-19-13-11-18(12-14-19)26(35)27-33-23-15-21(30)22(31)16-24(23)34(27)25(17-7-3-1-4-8-17)28(36)32-20-9-5-2-6-10-20/h11-17,20,25-26,35H,1-10H2,(H,32,36). The third-order valence-electron chi connectivity index (χ3n) is 7.78. The lowest BCUT2D eigenvalue weighted by Crippen LogP contribution is -2.44. The number of carbonyl (C=O) groups excluding carboxylic acids is 1. The summed E-state index contributed by atoms with van der Waals surface area (Å²) in [6, 6.07) is 8.27. The number of halogens is 3. The van der Waals surface area contributed by atoms with Crippen molar-refractivity contribution < 1.29 is 18.7 Å². The van der Waals surface area contributed by atoms with Gasteiger partial charge in [-0.05, 0) is 49.3 Å². The van der Waals surface area contributed by atoms with E-state index in [1.165, 1.54) is 6.42 Å². The third kappa shape index (κ3) is 5.14. The van der Waals surface area contributed by atoms with Crippen LogP contribution in [0.1, 0.15) is 87.7 Å². The predicted molar refractivity (Wildman–Crippen MR) is 136 cm³/mol. The summed E-state index contributed by atoms with van der Waals surface area (Å²) in [5.41, 5.74) is 1.06. The number of aromatic nitrogens is 2. The van der Waals surface area contributed by atoms with Gasteiger partial charge in [-0.25, -0.2) is 13.8 Å². The number of hydrogen-bond acceptors (Lipinski definition) is 3. The van der Waals surface area contributed by atoms with Crippen molar-refractivity contribution in [3.05, 3.63) is 64.4 Å². The maximum atomic E-state index is 14.5. The molecule has 0 bridgehead atoms. The van der Waals surface area contributed by atoms with E-state index in [-0.39, 0.29) is 29.2 Å². The van der Waals surface area contributed by atoms with E-state index in [1.54, 1.807) is 28.8 Å². The van der Waals surface area contributed by atoms with E-state index in [0.717, 1.165) is 69.9 Å². The molecule has 5 nitrogen and oxygen atoms in total. The number of nitrogens with one attached hydrogen (secondary N) is 1. The van der Waals surface area contributed by atoms with Crippen molar-refractivity contribution in [3.8, 4) is 0 Å². The predicted octanol–water partition coefficient (Wildman–Crippen LogP) is 6.62. The van der Waals surface area contributed by atoms with Gasteiger partial charge in [-0.1, -0.05) is 62.3 Å². The van der Waals surface area contributed by atoms with Gasteiger partial charge in [-0.15, -0.1) is 0 Å². The molecule has 5 rings (SSSR count). The minimum absolute atomic E-state index is 0.00372. The number of amides is 1. The van der Waals surface area contributed by atoms with Gasteiger partial charge in [0, 0.05) is 23.2 Å².